The third-order valence-electron chi connectivity index (χ3n) is 2.67. The Morgan fingerprint density at radius 2 is 2.17 bits per heavy atom. The molecule has 4 heteroatoms. The highest BCUT2D eigenvalue weighted by Crippen LogP contribution is 2.27. The van der Waals surface area contributed by atoms with Gasteiger partial charge in [-0.05, 0) is 46.4 Å². The molecule has 0 amide bonds. The lowest BCUT2D eigenvalue weighted by molar-refractivity contribution is 0.0990. The first-order chi connectivity index (χ1) is 8.61. The maximum absolute atomic E-state index is 12.3. The number of methoxy groups -OCH3 is 1. The second-order valence-electron chi connectivity index (χ2n) is 4.00. The summed E-state index contributed by atoms with van der Waals surface area (Å²) >= 11 is 5.03. The lowest BCUT2D eigenvalue weighted by Gasteiger charge is -2.08. The van der Waals surface area contributed by atoms with Gasteiger partial charge in [0.1, 0.15) is 5.75 Å². The van der Waals surface area contributed by atoms with E-state index in [0.717, 1.165) is 14.9 Å². The molecule has 1 aromatic heterocycles. The van der Waals surface area contributed by atoms with Gasteiger partial charge in [0.25, 0.3) is 0 Å². The summed E-state index contributed by atoms with van der Waals surface area (Å²) in [5.41, 5.74) is 1.71. The highest BCUT2D eigenvalue weighted by molar-refractivity contribution is 9.10. The Kier molecular flexibility index (Phi) is 4.19. The Morgan fingerprint density at radius 1 is 1.39 bits per heavy atom. The van der Waals surface area contributed by atoms with Gasteiger partial charge in [0.05, 0.1) is 12.7 Å². The van der Waals surface area contributed by atoms with Crippen LogP contribution in [0.15, 0.2) is 34.1 Å². The number of carbonyl (C=O) groups excluding carboxylic acids is 1. The van der Waals surface area contributed by atoms with E-state index in [1.54, 1.807) is 18.4 Å². The largest absolute Gasteiger partial charge is 0.496 e. The second-order valence-corrected chi connectivity index (χ2v) is 5.85. The Balaban J connectivity index is 2.29. The third kappa shape index (κ3) is 2.82. The predicted molar refractivity (Wildman–Crippen MR) is 77.8 cm³/mol. The van der Waals surface area contributed by atoms with Crippen molar-refractivity contribution in [1.29, 1.82) is 0 Å². The van der Waals surface area contributed by atoms with Gasteiger partial charge in [-0.25, -0.2) is 0 Å². The number of ether oxygens (including phenoxy) is 1. The summed E-state index contributed by atoms with van der Waals surface area (Å²) in [6, 6.07) is 7.62. The molecular formula is C14H13BrO2S. The molecule has 0 aliphatic carbocycles. The molecule has 18 heavy (non-hydrogen) atoms. The van der Waals surface area contributed by atoms with Crippen molar-refractivity contribution in [2.45, 2.75) is 13.3 Å². The van der Waals surface area contributed by atoms with Crippen molar-refractivity contribution in [3.8, 4) is 5.75 Å². The molecular weight excluding hydrogens is 312 g/mol. The molecule has 0 atom stereocenters. The van der Waals surface area contributed by atoms with E-state index in [2.05, 4.69) is 15.9 Å². The van der Waals surface area contributed by atoms with Crippen LogP contribution >= 0.6 is 27.3 Å². The number of benzene rings is 1. The highest BCUT2D eigenvalue weighted by atomic mass is 79.9. The van der Waals surface area contributed by atoms with E-state index in [-0.39, 0.29) is 5.78 Å². The lowest BCUT2D eigenvalue weighted by Crippen LogP contribution is -2.05. The highest BCUT2D eigenvalue weighted by Gasteiger charge is 2.15. The van der Waals surface area contributed by atoms with Crippen LogP contribution in [0.3, 0.4) is 0 Å². The van der Waals surface area contributed by atoms with Crippen LogP contribution in [0.25, 0.3) is 0 Å². The molecule has 0 spiro atoms. The molecule has 0 N–H and O–H groups in total. The summed E-state index contributed by atoms with van der Waals surface area (Å²) < 4.78 is 6.23. The minimum absolute atomic E-state index is 0.0821. The Morgan fingerprint density at radius 3 is 2.78 bits per heavy atom. The molecule has 0 unspecified atom stereocenters. The molecule has 2 rings (SSSR count). The first kappa shape index (κ1) is 13.3. The SMILES string of the molecule is COc1ccc(C)cc1C(=O)Cc1sccc1Br. The van der Waals surface area contributed by atoms with Crippen molar-refractivity contribution in [2.75, 3.05) is 7.11 Å². The lowest BCUT2D eigenvalue weighted by atomic mass is 10.0. The van der Waals surface area contributed by atoms with Crippen molar-refractivity contribution >= 4 is 33.0 Å². The summed E-state index contributed by atoms with van der Waals surface area (Å²) in [7, 11) is 1.59. The van der Waals surface area contributed by atoms with Crippen molar-refractivity contribution < 1.29 is 9.53 Å². The van der Waals surface area contributed by atoms with Crippen LogP contribution < -0.4 is 4.74 Å². The molecule has 0 radical (unpaired) electrons. The molecule has 94 valence electrons. The number of hydrogen-bond donors (Lipinski definition) is 0. The summed E-state index contributed by atoms with van der Waals surface area (Å²) in [4.78, 5) is 13.3. The number of carbonyl (C=O) groups is 1. The molecule has 2 aromatic rings. The van der Waals surface area contributed by atoms with E-state index in [4.69, 9.17) is 4.74 Å². The summed E-state index contributed by atoms with van der Waals surface area (Å²) in [6.07, 6.45) is 0.401. The number of hydrogen-bond acceptors (Lipinski definition) is 3. The van der Waals surface area contributed by atoms with E-state index >= 15 is 0 Å². The van der Waals surface area contributed by atoms with E-state index in [0.29, 0.717) is 17.7 Å². The molecule has 2 nitrogen and oxygen atoms in total. The maximum Gasteiger partial charge on any atom is 0.171 e. The average molecular weight is 325 g/mol. The van der Waals surface area contributed by atoms with Gasteiger partial charge >= 0.3 is 0 Å². The van der Waals surface area contributed by atoms with Gasteiger partial charge in [-0.15, -0.1) is 11.3 Å². The van der Waals surface area contributed by atoms with Crippen LogP contribution in [-0.4, -0.2) is 12.9 Å². The van der Waals surface area contributed by atoms with Gasteiger partial charge in [0.15, 0.2) is 5.78 Å². The molecule has 0 fully saturated rings. The quantitative estimate of drug-likeness (QED) is 0.786. The molecule has 1 heterocycles. The number of ketones is 1. The first-order valence-corrected chi connectivity index (χ1v) is 7.19. The number of rotatable bonds is 4. The van der Waals surface area contributed by atoms with Crippen molar-refractivity contribution in [3.05, 3.63) is 50.1 Å². The number of thiophene rings is 1. The minimum Gasteiger partial charge on any atom is -0.496 e. The van der Waals surface area contributed by atoms with Crippen LogP contribution in [0.1, 0.15) is 20.8 Å². The maximum atomic E-state index is 12.3. The molecule has 0 aliphatic heterocycles. The van der Waals surface area contributed by atoms with Gasteiger partial charge in [0.2, 0.25) is 0 Å². The fourth-order valence-electron chi connectivity index (χ4n) is 1.73. The van der Waals surface area contributed by atoms with E-state index < -0.39 is 0 Å². The Labute approximate surface area is 119 Å². The zero-order valence-corrected chi connectivity index (χ0v) is 12.6. The summed E-state index contributed by atoms with van der Waals surface area (Å²) in [5, 5.41) is 1.97. The fraction of sp³-hybridized carbons (Fsp3) is 0.214. The van der Waals surface area contributed by atoms with Crippen LogP contribution in [0, 0.1) is 6.92 Å². The van der Waals surface area contributed by atoms with Gasteiger partial charge in [-0.1, -0.05) is 11.6 Å². The first-order valence-electron chi connectivity index (χ1n) is 5.51. The van der Waals surface area contributed by atoms with Crippen LogP contribution in [0.5, 0.6) is 5.75 Å². The van der Waals surface area contributed by atoms with Crippen molar-refractivity contribution in [2.24, 2.45) is 0 Å². The Hall–Kier alpha value is -1.13. The molecule has 0 saturated heterocycles. The number of halogens is 1. The molecule has 0 bridgehead atoms. The molecule has 0 saturated carbocycles. The van der Waals surface area contributed by atoms with Crippen LogP contribution in [0.2, 0.25) is 0 Å². The number of Topliss-reactive ketones (excluding diaryl/α,β-unsaturated/α-hetero) is 1. The monoisotopic (exact) mass is 324 g/mol. The van der Waals surface area contributed by atoms with Gasteiger partial charge < -0.3 is 4.74 Å². The zero-order chi connectivity index (χ0) is 13.1. The number of aryl methyl sites for hydroxylation is 1. The summed E-state index contributed by atoms with van der Waals surface area (Å²) in [5.74, 6) is 0.719. The smallest absolute Gasteiger partial charge is 0.171 e. The van der Waals surface area contributed by atoms with Crippen LogP contribution in [-0.2, 0) is 6.42 Å². The average Bonchev–Trinajstić information content (AvgIpc) is 2.75. The third-order valence-corrected chi connectivity index (χ3v) is 4.59. The Bertz CT molecular complexity index is 575. The van der Waals surface area contributed by atoms with E-state index in [9.17, 15) is 4.79 Å². The minimum atomic E-state index is 0.0821. The van der Waals surface area contributed by atoms with E-state index in [1.165, 1.54) is 0 Å². The van der Waals surface area contributed by atoms with Gasteiger partial charge in [-0.2, -0.15) is 0 Å². The zero-order valence-electron chi connectivity index (χ0n) is 10.2. The molecule has 1 aromatic carbocycles. The van der Waals surface area contributed by atoms with Crippen molar-refractivity contribution in [1.82, 2.24) is 0 Å². The van der Waals surface area contributed by atoms with Gasteiger partial charge in [-0.3, -0.25) is 4.79 Å². The fourth-order valence-corrected chi connectivity index (χ4v) is 3.22. The standard InChI is InChI=1S/C14H13BrO2S/c1-9-3-4-13(17-2)10(7-9)12(16)8-14-11(15)5-6-18-14/h3-7H,8H2,1-2H3. The van der Waals surface area contributed by atoms with Gasteiger partial charge in [0, 0.05) is 15.8 Å². The van der Waals surface area contributed by atoms with Crippen LogP contribution in [0.4, 0.5) is 0 Å². The normalized spacial score (nSPS) is 10.4. The van der Waals surface area contributed by atoms with E-state index in [1.807, 2.05) is 36.6 Å². The van der Waals surface area contributed by atoms with Crippen molar-refractivity contribution in [3.63, 3.8) is 0 Å². The predicted octanol–water partition coefficient (Wildman–Crippen LogP) is 4.25. The summed E-state index contributed by atoms with van der Waals surface area (Å²) in [6.45, 7) is 1.97. The molecule has 0 aliphatic rings. The topological polar surface area (TPSA) is 26.3 Å². The second kappa shape index (κ2) is 5.67.